The van der Waals surface area contributed by atoms with Crippen molar-refractivity contribution in [2.24, 2.45) is 0 Å². The standard InChI is InChI=1S/C11H12ClNO2.C2H6/c1-6-4-7-5-13-3-2-8(7)10(12)9(6)11(14)15;1-2/h4,13H,2-3,5H2,1H3,(H,14,15);1-2H3. The van der Waals surface area contributed by atoms with E-state index < -0.39 is 5.97 Å². The molecule has 0 amide bonds. The van der Waals surface area contributed by atoms with Crippen molar-refractivity contribution in [2.45, 2.75) is 33.7 Å². The van der Waals surface area contributed by atoms with Gasteiger partial charge in [-0.1, -0.05) is 31.5 Å². The zero-order chi connectivity index (χ0) is 13.0. The van der Waals surface area contributed by atoms with Gasteiger partial charge in [0.25, 0.3) is 0 Å². The van der Waals surface area contributed by atoms with Crippen LogP contribution in [-0.4, -0.2) is 17.6 Å². The van der Waals surface area contributed by atoms with Gasteiger partial charge >= 0.3 is 5.97 Å². The molecule has 0 bridgehead atoms. The minimum atomic E-state index is -0.946. The Morgan fingerprint density at radius 2 is 2.12 bits per heavy atom. The van der Waals surface area contributed by atoms with Crippen LogP contribution in [0.1, 0.15) is 40.9 Å². The maximum atomic E-state index is 11.0. The molecule has 2 N–H and O–H groups in total. The fourth-order valence-corrected chi connectivity index (χ4v) is 2.46. The highest BCUT2D eigenvalue weighted by Gasteiger charge is 2.20. The third-order valence-electron chi connectivity index (χ3n) is 2.74. The molecular formula is C13H18ClNO2. The zero-order valence-electron chi connectivity index (χ0n) is 10.4. The number of nitrogens with one attached hydrogen (secondary N) is 1. The summed E-state index contributed by atoms with van der Waals surface area (Å²) in [6.45, 7) is 7.41. The molecular weight excluding hydrogens is 238 g/mol. The van der Waals surface area contributed by atoms with Gasteiger partial charge in [-0.05, 0) is 36.6 Å². The zero-order valence-corrected chi connectivity index (χ0v) is 11.2. The highest BCUT2D eigenvalue weighted by atomic mass is 35.5. The Labute approximate surface area is 107 Å². The third kappa shape index (κ3) is 2.79. The van der Waals surface area contributed by atoms with Crippen molar-refractivity contribution in [3.63, 3.8) is 0 Å². The van der Waals surface area contributed by atoms with Crippen LogP contribution >= 0.6 is 11.6 Å². The second-order valence-corrected chi connectivity index (χ2v) is 4.13. The first kappa shape index (κ1) is 14.0. The molecule has 1 heterocycles. The number of hydrogen-bond acceptors (Lipinski definition) is 2. The summed E-state index contributed by atoms with van der Waals surface area (Å²) in [5.74, 6) is -0.946. The molecule has 0 atom stereocenters. The summed E-state index contributed by atoms with van der Waals surface area (Å²) in [6.07, 6.45) is 0.800. The van der Waals surface area contributed by atoms with E-state index in [0.29, 0.717) is 5.02 Å². The third-order valence-corrected chi connectivity index (χ3v) is 3.16. The molecule has 0 radical (unpaired) electrons. The predicted molar refractivity (Wildman–Crippen MR) is 69.9 cm³/mol. The molecule has 0 unspecified atom stereocenters. The fourth-order valence-electron chi connectivity index (χ4n) is 2.01. The van der Waals surface area contributed by atoms with Crippen molar-refractivity contribution in [3.05, 3.63) is 33.3 Å². The number of aromatic carboxylic acids is 1. The van der Waals surface area contributed by atoms with Gasteiger partial charge in [-0.25, -0.2) is 4.79 Å². The topological polar surface area (TPSA) is 49.3 Å². The number of carbonyl (C=O) groups is 1. The summed E-state index contributed by atoms with van der Waals surface area (Å²) in [6, 6.07) is 1.91. The van der Waals surface area contributed by atoms with Gasteiger partial charge in [0.15, 0.2) is 0 Å². The second kappa shape index (κ2) is 6.03. The molecule has 1 aliphatic heterocycles. The van der Waals surface area contributed by atoms with Crippen LogP contribution in [0.2, 0.25) is 5.02 Å². The largest absolute Gasteiger partial charge is 0.478 e. The number of carboxylic acids is 1. The molecule has 4 heteroatoms. The van der Waals surface area contributed by atoms with Crippen molar-refractivity contribution < 1.29 is 9.90 Å². The van der Waals surface area contributed by atoms with Gasteiger partial charge in [0, 0.05) is 6.54 Å². The highest BCUT2D eigenvalue weighted by molar-refractivity contribution is 6.34. The molecule has 0 fully saturated rings. The monoisotopic (exact) mass is 255 g/mol. The predicted octanol–water partition coefficient (Wildman–Crippen LogP) is 3.02. The number of aryl methyl sites for hydroxylation is 1. The quantitative estimate of drug-likeness (QED) is 0.811. The number of benzene rings is 1. The molecule has 17 heavy (non-hydrogen) atoms. The highest BCUT2D eigenvalue weighted by Crippen LogP contribution is 2.29. The summed E-state index contributed by atoms with van der Waals surface area (Å²) < 4.78 is 0. The SMILES string of the molecule is CC.Cc1cc2c(c(Cl)c1C(=O)O)CCNC2. The van der Waals surface area contributed by atoms with E-state index in [1.165, 1.54) is 0 Å². The first-order valence-corrected chi connectivity index (χ1v) is 6.24. The Morgan fingerprint density at radius 1 is 1.47 bits per heavy atom. The van der Waals surface area contributed by atoms with Gasteiger partial charge in [-0.2, -0.15) is 0 Å². The summed E-state index contributed by atoms with van der Waals surface area (Å²) in [5.41, 5.74) is 3.08. The van der Waals surface area contributed by atoms with Crippen LogP contribution in [0.3, 0.4) is 0 Å². The van der Waals surface area contributed by atoms with Crippen molar-refractivity contribution in [3.8, 4) is 0 Å². The summed E-state index contributed by atoms with van der Waals surface area (Å²) in [4.78, 5) is 11.0. The van der Waals surface area contributed by atoms with Crippen LogP contribution in [0, 0.1) is 6.92 Å². The van der Waals surface area contributed by atoms with Crippen LogP contribution in [0.15, 0.2) is 6.07 Å². The molecule has 94 valence electrons. The van der Waals surface area contributed by atoms with E-state index in [-0.39, 0.29) is 5.56 Å². The van der Waals surface area contributed by atoms with E-state index in [0.717, 1.165) is 36.2 Å². The molecule has 3 nitrogen and oxygen atoms in total. The first-order chi connectivity index (χ1) is 8.11. The van der Waals surface area contributed by atoms with Gasteiger partial charge < -0.3 is 10.4 Å². The molecule has 0 spiro atoms. The smallest absolute Gasteiger partial charge is 0.337 e. The minimum Gasteiger partial charge on any atom is -0.478 e. The number of hydrogen-bond donors (Lipinski definition) is 2. The van der Waals surface area contributed by atoms with E-state index >= 15 is 0 Å². The molecule has 1 aromatic carbocycles. The van der Waals surface area contributed by atoms with Crippen LogP contribution < -0.4 is 5.32 Å². The van der Waals surface area contributed by atoms with Crippen LogP contribution in [0.25, 0.3) is 0 Å². The van der Waals surface area contributed by atoms with Crippen LogP contribution in [0.4, 0.5) is 0 Å². The lowest BCUT2D eigenvalue weighted by molar-refractivity contribution is 0.0696. The number of halogens is 1. The van der Waals surface area contributed by atoms with Gasteiger partial charge in [-0.3, -0.25) is 0 Å². The number of fused-ring (bicyclic) bond motifs is 1. The lowest BCUT2D eigenvalue weighted by Gasteiger charge is -2.20. The van der Waals surface area contributed by atoms with Gasteiger partial charge in [-0.15, -0.1) is 0 Å². The summed E-state index contributed by atoms with van der Waals surface area (Å²) in [7, 11) is 0. The Hall–Kier alpha value is -1.06. The molecule has 0 saturated heterocycles. The van der Waals surface area contributed by atoms with Crippen molar-refractivity contribution in [1.29, 1.82) is 0 Å². The maximum absolute atomic E-state index is 11.0. The molecule has 1 aliphatic rings. The molecule has 0 aliphatic carbocycles. The maximum Gasteiger partial charge on any atom is 0.337 e. The lowest BCUT2D eigenvalue weighted by Crippen LogP contribution is -2.24. The Bertz CT molecular complexity index is 430. The van der Waals surface area contributed by atoms with E-state index in [2.05, 4.69) is 5.32 Å². The number of carboxylic acid groups (broad SMARTS) is 1. The Balaban J connectivity index is 0.000000686. The van der Waals surface area contributed by atoms with Crippen molar-refractivity contribution >= 4 is 17.6 Å². The van der Waals surface area contributed by atoms with Crippen LogP contribution in [-0.2, 0) is 13.0 Å². The summed E-state index contributed by atoms with van der Waals surface area (Å²) in [5, 5.41) is 12.7. The molecule has 2 rings (SSSR count). The van der Waals surface area contributed by atoms with Crippen molar-refractivity contribution in [2.75, 3.05) is 6.54 Å². The van der Waals surface area contributed by atoms with Crippen molar-refractivity contribution in [1.82, 2.24) is 5.32 Å². The molecule has 0 saturated carbocycles. The van der Waals surface area contributed by atoms with E-state index in [1.807, 2.05) is 19.9 Å². The van der Waals surface area contributed by atoms with Gasteiger partial charge in [0.2, 0.25) is 0 Å². The Morgan fingerprint density at radius 3 is 2.71 bits per heavy atom. The number of rotatable bonds is 1. The average molecular weight is 256 g/mol. The summed E-state index contributed by atoms with van der Waals surface area (Å²) >= 11 is 6.12. The van der Waals surface area contributed by atoms with Gasteiger partial charge in [0.1, 0.15) is 0 Å². The normalized spacial score (nSPS) is 13.4. The lowest BCUT2D eigenvalue weighted by atomic mass is 9.95. The van der Waals surface area contributed by atoms with Crippen LogP contribution in [0.5, 0.6) is 0 Å². The molecule has 1 aromatic rings. The van der Waals surface area contributed by atoms with E-state index in [9.17, 15) is 4.79 Å². The molecule has 0 aromatic heterocycles. The van der Waals surface area contributed by atoms with E-state index in [4.69, 9.17) is 16.7 Å². The first-order valence-electron chi connectivity index (χ1n) is 5.86. The minimum absolute atomic E-state index is 0.248. The fraction of sp³-hybridized carbons (Fsp3) is 0.462. The second-order valence-electron chi connectivity index (χ2n) is 3.75. The van der Waals surface area contributed by atoms with Gasteiger partial charge in [0.05, 0.1) is 10.6 Å². The average Bonchev–Trinajstić information content (AvgIpc) is 2.31. The Kier molecular flexibility index (Phi) is 4.97. The van der Waals surface area contributed by atoms with E-state index in [1.54, 1.807) is 6.92 Å².